The van der Waals surface area contributed by atoms with Gasteiger partial charge in [-0.2, -0.15) is 0 Å². The second kappa shape index (κ2) is 6.24. The van der Waals surface area contributed by atoms with Gasteiger partial charge in [-0.15, -0.1) is 0 Å². The first-order chi connectivity index (χ1) is 12.1. The summed E-state index contributed by atoms with van der Waals surface area (Å²) in [6.07, 6.45) is 3.43. The summed E-state index contributed by atoms with van der Waals surface area (Å²) in [5, 5.41) is 11.4. The molecule has 1 aromatic heterocycles. The predicted molar refractivity (Wildman–Crippen MR) is 103 cm³/mol. The lowest BCUT2D eigenvalue weighted by molar-refractivity contribution is -0.131. The number of hydrogen-bond acceptors (Lipinski definition) is 3. The van der Waals surface area contributed by atoms with Gasteiger partial charge in [0.25, 0.3) is 0 Å². The van der Waals surface area contributed by atoms with E-state index in [9.17, 15) is 4.79 Å². The summed E-state index contributed by atoms with van der Waals surface area (Å²) in [5.41, 5.74) is 2.44. The molecule has 2 atom stereocenters. The Labute approximate surface area is 155 Å². The van der Waals surface area contributed by atoms with Crippen LogP contribution in [0.2, 0.25) is 0 Å². The van der Waals surface area contributed by atoms with Crippen molar-refractivity contribution in [2.45, 2.75) is 44.6 Å². The molecule has 1 aromatic carbocycles. The van der Waals surface area contributed by atoms with Gasteiger partial charge in [-0.25, -0.2) is 0 Å². The van der Waals surface area contributed by atoms with Crippen molar-refractivity contribution in [2.75, 3.05) is 7.05 Å². The van der Waals surface area contributed by atoms with Crippen molar-refractivity contribution in [3.05, 3.63) is 65.5 Å². The fourth-order valence-corrected chi connectivity index (χ4v) is 3.54. The van der Waals surface area contributed by atoms with Crippen LogP contribution in [-0.4, -0.2) is 28.8 Å². The van der Waals surface area contributed by atoms with Crippen LogP contribution >= 0.6 is 0 Å². The van der Waals surface area contributed by atoms with Gasteiger partial charge in [0, 0.05) is 19.4 Å². The van der Waals surface area contributed by atoms with Crippen LogP contribution in [0.15, 0.2) is 48.8 Å². The maximum Gasteiger partial charge on any atom is 0.239 e. The average molecular weight is 350 g/mol. The third kappa shape index (κ3) is 2.98. The van der Waals surface area contributed by atoms with Crippen molar-refractivity contribution in [3.8, 4) is 0 Å². The smallest absolute Gasteiger partial charge is 0.239 e. The number of likely N-dealkylation sites (N-methyl/N-ethyl adjacent to an activating group) is 1. The quantitative estimate of drug-likeness (QED) is 0.872. The normalized spacial score (nSPS) is 23.7. The van der Waals surface area contributed by atoms with E-state index in [0.717, 1.165) is 11.1 Å². The first-order valence-corrected chi connectivity index (χ1v) is 8.80. The zero-order valence-electron chi connectivity index (χ0n) is 16.0. The van der Waals surface area contributed by atoms with Gasteiger partial charge >= 0.3 is 0 Å². The molecule has 0 spiro atoms. The van der Waals surface area contributed by atoms with Crippen molar-refractivity contribution in [1.82, 2.24) is 15.2 Å². The van der Waals surface area contributed by atoms with E-state index in [2.05, 4.69) is 43.2 Å². The van der Waals surface area contributed by atoms with Crippen molar-refractivity contribution in [3.63, 3.8) is 0 Å². The molecule has 0 unspecified atom stereocenters. The molecule has 0 radical (unpaired) electrons. The number of aromatic nitrogens is 1. The maximum absolute atomic E-state index is 13.1. The van der Waals surface area contributed by atoms with Crippen LogP contribution in [0, 0.1) is 5.41 Å². The number of amides is 1. The molecule has 1 aliphatic rings. The number of carbonyl (C=O) groups is 1. The van der Waals surface area contributed by atoms with E-state index in [0.29, 0.717) is 0 Å². The lowest BCUT2D eigenvalue weighted by Crippen LogP contribution is -2.62. The highest BCUT2D eigenvalue weighted by molar-refractivity contribution is 6.02. The van der Waals surface area contributed by atoms with Gasteiger partial charge in [0.15, 0.2) is 5.96 Å². The summed E-state index contributed by atoms with van der Waals surface area (Å²) in [5.74, 6) is -0.411. The molecule has 1 saturated heterocycles. The minimum Gasteiger partial charge on any atom is -0.346 e. The number of rotatable bonds is 2. The highest BCUT2D eigenvalue weighted by atomic mass is 16.2. The van der Waals surface area contributed by atoms with Crippen molar-refractivity contribution < 1.29 is 4.79 Å². The van der Waals surface area contributed by atoms with E-state index in [1.165, 1.54) is 10.5 Å². The highest BCUT2D eigenvalue weighted by Crippen LogP contribution is 2.41. The average Bonchev–Trinajstić information content (AvgIpc) is 2.60. The van der Waals surface area contributed by atoms with Crippen LogP contribution in [0.5, 0.6) is 0 Å². The molecule has 5 heteroatoms. The molecule has 26 heavy (non-hydrogen) atoms. The van der Waals surface area contributed by atoms with Gasteiger partial charge in [0.2, 0.25) is 5.91 Å². The SMILES string of the molecule is CN1C(=N)N[C@](C)(c2ccncc2)[C@H](c2ccc(C(C)(C)C)cc2)C1=O. The van der Waals surface area contributed by atoms with Crippen LogP contribution < -0.4 is 5.32 Å². The summed E-state index contributed by atoms with van der Waals surface area (Å²) in [6, 6.07) is 12.1. The van der Waals surface area contributed by atoms with Crippen molar-refractivity contribution in [1.29, 1.82) is 5.41 Å². The van der Waals surface area contributed by atoms with Gasteiger partial charge in [0.05, 0.1) is 11.5 Å². The monoisotopic (exact) mass is 350 g/mol. The minimum atomic E-state index is -0.715. The fourth-order valence-electron chi connectivity index (χ4n) is 3.54. The van der Waals surface area contributed by atoms with Crippen LogP contribution in [0.25, 0.3) is 0 Å². The molecule has 0 bridgehead atoms. The summed E-state index contributed by atoms with van der Waals surface area (Å²) in [6.45, 7) is 8.49. The summed E-state index contributed by atoms with van der Waals surface area (Å²) in [7, 11) is 1.64. The molecule has 1 aliphatic heterocycles. The molecule has 5 nitrogen and oxygen atoms in total. The third-order valence-corrected chi connectivity index (χ3v) is 5.26. The number of benzene rings is 1. The van der Waals surface area contributed by atoms with Crippen LogP contribution in [-0.2, 0) is 15.7 Å². The number of nitrogens with one attached hydrogen (secondary N) is 2. The number of guanidine groups is 1. The molecular weight excluding hydrogens is 324 g/mol. The third-order valence-electron chi connectivity index (χ3n) is 5.26. The molecule has 2 aromatic rings. The standard InChI is InChI=1S/C21H26N4O/c1-20(2,3)15-8-6-14(7-9-15)17-18(26)25(5)19(22)24-21(17,4)16-10-12-23-13-11-16/h6-13,17H,1-5H3,(H2,22,24)/t17-,21-/m1/s1. The molecule has 0 saturated carbocycles. The van der Waals surface area contributed by atoms with E-state index in [1.54, 1.807) is 19.4 Å². The molecule has 0 aliphatic carbocycles. The number of pyridine rings is 1. The molecule has 3 rings (SSSR count). The summed E-state index contributed by atoms with van der Waals surface area (Å²) < 4.78 is 0. The Hall–Kier alpha value is -2.69. The Morgan fingerprint density at radius 1 is 1.12 bits per heavy atom. The second-order valence-corrected chi connectivity index (χ2v) is 8.11. The van der Waals surface area contributed by atoms with Gasteiger partial charge in [-0.1, -0.05) is 45.0 Å². The Morgan fingerprint density at radius 2 is 1.69 bits per heavy atom. The molecular formula is C21H26N4O. The van der Waals surface area contributed by atoms with Crippen LogP contribution in [0.1, 0.15) is 50.3 Å². The minimum absolute atomic E-state index is 0.0562. The Balaban J connectivity index is 2.11. The zero-order chi connectivity index (χ0) is 19.1. The van der Waals surface area contributed by atoms with Crippen molar-refractivity contribution >= 4 is 11.9 Å². The predicted octanol–water partition coefficient (Wildman–Crippen LogP) is 3.37. The fraction of sp³-hybridized carbons (Fsp3) is 0.381. The van der Waals surface area contributed by atoms with E-state index < -0.39 is 11.5 Å². The molecule has 2 heterocycles. The maximum atomic E-state index is 13.1. The Bertz CT molecular complexity index is 823. The first kappa shape index (κ1) is 18.1. The Morgan fingerprint density at radius 3 is 2.23 bits per heavy atom. The lowest BCUT2D eigenvalue weighted by atomic mass is 9.73. The van der Waals surface area contributed by atoms with E-state index in [-0.39, 0.29) is 17.3 Å². The lowest BCUT2D eigenvalue weighted by Gasteiger charge is -2.45. The topological polar surface area (TPSA) is 69.1 Å². The van der Waals surface area contributed by atoms with Gasteiger partial charge < -0.3 is 5.32 Å². The summed E-state index contributed by atoms with van der Waals surface area (Å²) >= 11 is 0. The Kier molecular flexibility index (Phi) is 4.34. The van der Waals surface area contributed by atoms with Crippen LogP contribution in [0.4, 0.5) is 0 Å². The van der Waals surface area contributed by atoms with E-state index >= 15 is 0 Å². The van der Waals surface area contributed by atoms with Crippen molar-refractivity contribution in [2.24, 2.45) is 0 Å². The summed E-state index contributed by atoms with van der Waals surface area (Å²) in [4.78, 5) is 18.6. The number of nitrogens with zero attached hydrogens (tertiary/aromatic N) is 2. The molecule has 136 valence electrons. The van der Waals surface area contributed by atoms with Gasteiger partial charge in [-0.05, 0) is 41.2 Å². The molecule has 1 amide bonds. The zero-order valence-corrected chi connectivity index (χ0v) is 16.0. The molecule has 2 N–H and O–H groups in total. The second-order valence-electron chi connectivity index (χ2n) is 8.11. The largest absolute Gasteiger partial charge is 0.346 e. The highest BCUT2D eigenvalue weighted by Gasteiger charge is 2.48. The number of hydrogen-bond donors (Lipinski definition) is 2. The van der Waals surface area contributed by atoms with Gasteiger partial charge in [-0.3, -0.25) is 20.1 Å². The number of carbonyl (C=O) groups excluding carboxylic acids is 1. The van der Waals surface area contributed by atoms with E-state index in [4.69, 9.17) is 5.41 Å². The molecule has 1 fully saturated rings. The van der Waals surface area contributed by atoms with E-state index in [1.807, 2.05) is 31.2 Å². The van der Waals surface area contributed by atoms with Crippen LogP contribution in [0.3, 0.4) is 0 Å². The first-order valence-electron chi connectivity index (χ1n) is 8.80. The van der Waals surface area contributed by atoms with Gasteiger partial charge in [0.1, 0.15) is 0 Å².